The number of carbonyl (C=O) groups is 3. The van der Waals surface area contributed by atoms with E-state index in [1.54, 1.807) is 0 Å². The van der Waals surface area contributed by atoms with Crippen molar-refractivity contribution in [3.05, 3.63) is 0 Å². The Labute approximate surface area is 124 Å². The third-order valence-electron chi connectivity index (χ3n) is 5.71. The molecule has 116 valence electrons. The first-order valence-corrected chi connectivity index (χ1v) is 8.13. The Morgan fingerprint density at radius 1 is 0.905 bits per heavy atom. The van der Waals surface area contributed by atoms with Gasteiger partial charge in [0.1, 0.15) is 5.54 Å². The van der Waals surface area contributed by atoms with E-state index >= 15 is 0 Å². The maximum atomic E-state index is 12.9. The predicted molar refractivity (Wildman–Crippen MR) is 75.4 cm³/mol. The van der Waals surface area contributed by atoms with Gasteiger partial charge in [0.2, 0.25) is 11.8 Å². The lowest BCUT2D eigenvalue weighted by Gasteiger charge is -2.37. The second kappa shape index (κ2) is 5.11. The van der Waals surface area contributed by atoms with E-state index in [0.717, 1.165) is 51.4 Å². The zero-order chi connectivity index (χ0) is 15.1. The van der Waals surface area contributed by atoms with Crippen LogP contribution >= 0.6 is 0 Å². The standard InChI is InChI=1S/C16H23NO4/c18-12-11-15(7-5-6-8-15)13(19)17(12)16(14(20)21)9-3-1-2-4-10-16/h1-11H2,(H,20,21). The van der Waals surface area contributed by atoms with Crippen LogP contribution < -0.4 is 0 Å². The fourth-order valence-corrected chi connectivity index (χ4v) is 4.52. The fourth-order valence-electron chi connectivity index (χ4n) is 4.52. The summed E-state index contributed by atoms with van der Waals surface area (Å²) in [6.45, 7) is 0. The summed E-state index contributed by atoms with van der Waals surface area (Å²) in [5.41, 5.74) is -1.86. The first kappa shape index (κ1) is 14.5. The van der Waals surface area contributed by atoms with Gasteiger partial charge in [-0.25, -0.2) is 4.79 Å². The van der Waals surface area contributed by atoms with Crippen LogP contribution in [0.2, 0.25) is 0 Å². The molecule has 1 heterocycles. The van der Waals surface area contributed by atoms with Gasteiger partial charge in [0, 0.05) is 6.42 Å². The SMILES string of the molecule is O=C1CC2(CCCC2)C(=O)N1C1(C(=O)O)CCCCCC1. The van der Waals surface area contributed by atoms with Crippen molar-refractivity contribution in [1.29, 1.82) is 0 Å². The van der Waals surface area contributed by atoms with Gasteiger partial charge in [-0.2, -0.15) is 0 Å². The average molecular weight is 293 g/mol. The second-order valence-electron chi connectivity index (χ2n) is 6.95. The number of carboxylic acids is 1. The number of carboxylic acid groups (broad SMARTS) is 1. The van der Waals surface area contributed by atoms with Crippen LogP contribution in [-0.2, 0) is 14.4 Å². The maximum absolute atomic E-state index is 12.9. The number of imide groups is 1. The molecular formula is C16H23NO4. The molecule has 3 rings (SSSR count). The number of likely N-dealkylation sites (tertiary alicyclic amines) is 1. The van der Waals surface area contributed by atoms with Crippen LogP contribution in [0.15, 0.2) is 0 Å². The summed E-state index contributed by atoms with van der Waals surface area (Å²) in [4.78, 5) is 38.5. The van der Waals surface area contributed by atoms with Gasteiger partial charge in [0.05, 0.1) is 5.41 Å². The smallest absolute Gasteiger partial charge is 0.330 e. The summed E-state index contributed by atoms with van der Waals surface area (Å²) >= 11 is 0. The summed E-state index contributed by atoms with van der Waals surface area (Å²) < 4.78 is 0. The quantitative estimate of drug-likeness (QED) is 0.627. The van der Waals surface area contributed by atoms with Crippen LogP contribution in [0.1, 0.15) is 70.6 Å². The minimum absolute atomic E-state index is 0.200. The third-order valence-corrected chi connectivity index (χ3v) is 5.71. The Kier molecular flexibility index (Phi) is 3.54. The third kappa shape index (κ3) is 2.09. The number of amides is 2. The van der Waals surface area contributed by atoms with Gasteiger partial charge in [-0.15, -0.1) is 0 Å². The molecule has 1 saturated heterocycles. The largest absolute Gasteiger partial charge is 0.479 e. The molecule has 1 spiro atoms. The summed E-state index contributed by atoms with van der Waals surface area (Å²) in [5, 5.41) is 9.79. The van der Waals surface area contributed by atoms with E-state index in [-0.39, 0.29) is 18.2 Å². The van der Waals surface area contributed by atoms with E-state index in [0.29, 0.717) is 12.8 Å². The van der Waals surface area contributed by atoms with Crippen molar-refractivity contribution in [2.45, 2.75) is 76.2 Å². The first-order chi connectivity index (χ1) is 10.0. The summed E-state index contributed by atoms with van der Waals surface area (Å²) in [6.07, 6.45) is 7.97. The molecule has 0 aromatic rings. The number of carbonyl (C=O) groups excluding carboxylic acids is 2. The Morgan fingerprint density at radius 3 is 1.95 bits per heavy atom. The highest BCUT2D eigenvalue weighted by Crippen LogP contribution is 2.50. The molecule has 1 N–H and O–H groups in total. The molecule has 2 amide bonds. The summed E-state index contributed by atoms with van der Waals surface area (Å²) in [7, 11) is 0. The molecule has 0 unspecified atom stereocenters. The minimum Gasteiger partial charge on any atom is -0.479 e. The molecule has 0 radical (unpaired) electrons. The molecular weight excluding hydrogens is 270 g/mol. The lowest BCUT2D eigenvalue weighted by atomic mass is 9.83. The molecule has 3 aliphatic rings. The van der Waals surface area contributed by atoms with Crippen molar-refractivity contribution in [1.82, 2.24) is 4.90 Å². The van der Waals surface area contributed by atoms with Crippen molar-refractivity contribution in [3.63, 3.8) is 0 Å². The number of hydrogen-bond donors (Lipinski definition) is 1. The molecule has 2 saturated carbocycles. The molecule has 0 aromatic heterocycles. The van der Waals surface area contributed by atoms with Gasteiger partial charge < -0.3 is 5.11 Å². The van der Waals surface area contributed by atoms with Crippen LogP contribution in [0, 0.1) is 5.41 Å². The van der Waals surface area contributed by atoms with Crippen molar-refractivity contribution in [3.8, 4) is 0 Å². The highest BCUT2D eigenvalue weighted by atomic mass is 16.4. The molecule has 0 bridgehead atoms. The Morgan fingerprint density at radius 2 is 1.43 bits per heavy atom. The van der Waals surface area contributed by atoms with Crippen molar-refractivity contribution < 1.29 is 19.5 Å². The first-order valence-electron chi connectivity index (χ1n) is 8.13. The number of aliphatic carboxylic acids is 1. The maximum Gasteiger partial charge on any atom is 0.330 e. The lowest BCUT2D eigenvalue weighted by molar-refractivity contribution is -0.165. The van der Waals surface area contributed by atoms with Gasteiger partial charge in [-0.05, 0) is 25.7 Å². The molecule has 1 aliphatic heterocycles. The van der Waals surface area contributed by atoms with Gasteiger partial charge in [0.25, 0.3) is 0 Å². The number of hydrogen-bond acceptors (Lipinski definition) is 3. The molecule has 0 atom stereocenters. The predicted octanol–water partition coefficient (Wildman–Crippen LogP) is 2.48. The molecule has 5 heteroatoms. The van der Waals surface area contributed by atoms with Crippen molar-refractivity contribution in [2.24, 2.45) is 5.41 Å². The number of rotatable bonds is 2. The van der Waals surface area contributed by atoms with Gasteiger partial charge >= 0.3 is 5.97 Å². The molecule has 3 fully saturated rings. The zero-order valence-corrected chi connectivity index (χ0v) is 12.4. The number of nitrogens with zero attached hydrogens (tertiary/aromatic N) is 1. The van der Waals surface area contributed by atoms with Gasteiger partial charge in [0.15, 0.2) is 0 Å². The second-order valence-corrected chi connectivity index (χ2v) is 6.95. The lowest BCUT2D eigenvalue weighted by Crippen LogP contribution is -2.57. The van der Waals surface area contributed by atoms with Crippen LogP contribution in [0.25, 0.3) is 0 Å². The fraction of sp³-hybridized carbons (Fsp3) is 0.812. The minimum atomic E-state index is -1.28. The Bertz CT molecular complexity index is 471. The van der Waals surface area contributed by atoms with E-state index in [1.165, 1.54) is 4.90 Å². The normalized spacial score (nSPS) is 28.1. The highest BCUT2D eigenvalue weighted by Gasteiger charge is 2.60. The zero-order valence-electron chi connectivity index (χ0n) is 12.4. The molecule has 5 nitrogen and oxygen atoms in total. The molecule has 2 aliphatic carbocycles. The Balaban J connectivity index is 1.97. The van der Waals surface area contributed by atoms with E-state index in [2.05, 4.69) is 0 Å². The van der Waals surface area contributed by atoms with E-state index < -0.39 is 16.9 Å². The van der Waals surface area contributed by atoms with Gasteiger partial charge in [-0.3, -0.25) is 14.5 Å². The van der Waals surface area contributed by atoms with Crippen LogP contribution in [0.5, 0.6) is 0 Å². The van der Waals surface area contributed by atoms with Crippen molar-refractivity contribution >= 4 is 17.8 Å². The van der Waals surface area contributed by atoms with Crippen LogP contribution in [-0.4, -0.2) is 33.3 Å². The summed E-state index contributed by atoms with van der Waals surface area (Å²) in [5.74, 6) is -1.46. The van der Waals surface area contributed by atoms with E-state index in [1.807, 2.05) is 0 Å². The van der Waals surface area contributed by atoms with Crippen LogP contribution in [0.4, 0.5) is 0 Å². The van der Waals surface area contributed by atoms with Gasteiger partial charge in [-0.1, -0.05) is 38.5 Å². The summed E-state index contributed by atoms with van der Waals surface area (Å²) in [6, 6.07) is 0. The topological polar surface area (TPSA) is 74.7 Å². The van der Waals surface area contributed by atoms with E-state index in [9.17, 15) is 19.5 Å². The highest BCUT2D eigenvalue weighted by molar-refractivity contribution is 6.09. The average Bonchev–Trinajstić information content (AvgIpc) is 2.89. The van der Waals surface area contributed by atoms with E-state index in [4.69, 9.17) is 0 Å². The molecule has 21 heavy (non-hydrogen) atoms. The van der Waals surface area contributed by atoms with Crippen LogP contribution in [0.3, 0.4) is 0 Å². The Hall–Kier alpha value is -1.39. The monoisotopic (exact) mass is 293 g/mol. The molecule has 0 aromatic carbocycles. The van der Waals surface area contributed by atoms with Crippen molar-refractivity contribution in [2.75, 3.05) is 0 Å².